The summed E-state index contributed by atoms with van der Waals surface area (Å²) in [7, 11) is -1.83. The number of rotatable bonds is 10. The Kier molecular flexibility index (Phi) is 7.63. The van der Waals surface area contributed by atoms with Gasteiger partial charge in [0.1, 0.15) is 23.2 Å². The molecule has 0 bridgehead atoms. The lowest BCUT2D eigenvalue weighted by atomic mass is 10.2. The first kappa shape index (κ1) is 19.8. The molecule has 2 heteroatoms. The first-order chi connectivity index (χ1) is 13.4. The second-order valence-electron chi connectivity index (χ2n) is 6.91. The Balaban J connectivity index is 1.98. The molecule has 140 valence electrons. The number of hydrogen-bond donors (Lipinski definition) is 0. The van der Waals surface area contributed by atoms with E-state index in [1.54, 1.807) is 0 Å². The molecular formula is C25H30OP+. The third kappa shape index (κ3) is 4.86. The summed E-state index contributed by atoms with van der Waals surface area (Å²) < 4.78 is 6.36. The second-order valence-corrected chi connectivity index (χ2v) is 10.3. The molecule has 1 nitrogen and oxygen atoms in total. The first-order valence-electron chi connectivity index (χ1n) is 10.0. The van der Waals surface area contributed by atoms with E-state index in [0.717, 1.165) is 19.4 Å². The molecule has 0 saturated carbocycles. The Morgan fingerprint density at radius 3 is 1.44 bits per heavy atom. The summed E-state index contributed by atoms with van der Waals surface area (Å²) in [4.78, 5) is 0. The molecule has 3 aromatic rings. The summed E-state index contributed by atoms with van der Waals surface area (Å²) in [6, 6.07) is 32.8. The van der Waals surface area contributed by atoms with Crippen molar-refractivity contribution in [3.05, 3.63) is 91.0 Å². The Labute approximate surface area is 164 Å². The van der Waals surface area contributed by atoms with Crippen molar-refractivity contribution in [1.82, 2.24) is 0 Å². The zero-order valence-corrected chi connectivity index (χ0v) is 17.2. The molecule has 0 heterocycles. The number of ether oxygens (including phenoxy) is 1. The summed E-state index contributed by atoms with van der Waals surface area (Å²) in [6.45, 7) is 3.09. The monoisotopic (exact) mass is 377 g/mol. The van der Waals surface area contributed by atoms with Crippen molar-refractivity contribution in [1.29, 1.82) is 0 Å². The molecule has 0 saturated heterocycles. The van der Waals surface area contributed by atoms with Crippen LogP contribution in [0.4, 0.5) is 0 Å². The molecule has 27 heavy (non-hydrogen) atoms. The quantitative estimate of drug-likeness (QED) is 0.333. The first-order valence-corrected chi connectivity index (χ1v) is 12.0. The fourth-order valence-electron chi connectivity index (χ4n) is 3.55. The largest absolute Gasteiger partial charge is 0.345 e. The molecule has 0 spiro atoms. The van der Waals surface area contributed by atoms with E-state index in [4.69, 9.17) is 4.74 Å². The summed E-state index contributed by atoms with van der Waals surface area (Å²) >= 11 is 0. The SMILES string of the molecule is CCCCCCOC[P+](c1ccccc1)(c1ccccc1)c1ccccc1. The smallest absolute Gasteiger partial charge is 0.171 e. The van der Waals surface area contributed by atoms with Crippen molar-refractivity contribution in [2.45, 2.75) is 32.6 Å². The zero-order valence-electron chi connectivity index (χ0n) is 16.3. The molecule has 0 aliphatic heterocycles. The van der Waals surface area contributed by atoms with Crippen LogP contribution in [-0.4, -0.2) is 13.0 Å². The van der Waals surface area contributed by atoms with Gasteiger partial charge in [-0.05, 0) is 42.8 Å². The van der Waals surface area contributed by atoms with Gasteiger partial charge < -0.3 is 4.74 Å². The van der Waals surface area contributed by atoms with Gasteiger partial charge in [-0.15, -0.1) is 0 Å². The predicted molar refractivity (Wildman–Crippen MR) is 120 cm³/mol. The van der Waals surface area contributed by atoms with Gasteiger partial charge in [0, 0.05) is 0 Å². The van der Waals surface area contributed by atoms with E-state index in [0.29, 0.717) is 0 Å². The van der Waals surface area contributed by atoms with Gasteiger partial charge >= 0.3 is 0 Å². The van der Waals surface area contributed by atoms with Crippen molar-refractivity contribution in [3.8, 4) is 0 Å². The minimum Gasteiger partial charge on any atom is -0.345 e. The third-order valence-corrected chi connectivity index (χ3v) is 9.13. The highest BCUT2D eigenvalue weighted by atomic mass is 31.2. The van der Waals surface area contributed by atoms with Crippen molar-refractivity contribution in [3.63, 3.8) is 0 Å². The van der Waals surface area contributed by atoms with Crippen molar-refractivity contribution in [2.24, 2.45) is 0 Å². The van der Waals surface area contributed by atoms with Gasteiger partial charge in [0.2, 0.25) is 0 Å². The average molecular weight is 377 g/mol. The van der Waals surface area contributed by atoms with Crippen LogP contribution in [0.2, 0.25) is 0 Å². The van der Waals surface area contributed by atoms with Crippen LogP contribution >= 0.6 is 7.26 Å². The van der Waals surface area contributed by atoms with E-state index < -0.39 is 7.26 Å². The summed E-state index contributed by atoms with van der Waals surface area (Å²) in [6.07, 6.45) is 5.71. The lowest BCUT2D eigenvalue weighted by Crippen LogP contribution is -2.34. The summed E-state index contributed by atoms with van der Waals surface area (Å²) in [5.41, 5.74) is 0. The number of unbranched alkanes of at least 4 members (excludes halogenated alkanes) is 3. The van der Waals surface area contributed by atoms with Crippen molar-refractivity contribution in [2.75, 3.05) is 13.0 Å². The third-order valence-electron chi connectivity index (χ3n) is 5.02. The number of benzene rings is 3. The molecule has 3 rings (SSSR count). The highest BCUT2D eigenvalue weighted by Crippen LogP contribution is 2.55. The van der Waals surface area contributed by atoms with E-state index in [2.05, 4.69) is 97.9 Å². The molecule has 0 fully saturated rings. The lowest BCUT2D eigenvalue weighted by Gasteiger charge is -2.27. The van der Waals surface area contributed by atoms with E-state index >= 15 is 0 Å². The van der Waals surface area contributed by atoms with Crippen molar-refractivity contribution >= 4 is 23.2 Å². The molecule has 0 aromatic heterocycles. The fourth-order valence-corrected chi connectivity index (χ4v) is 7.34. The molecule has 0 aliphatic rings. The van der Waals surface area contributed by atoms with Gasteiger partial charge in [-0.3, -0.25) is 0 Å². The molecule has 3 aromatic carbocycles. The topological polar surface area (TPSA) is 9.23 Å². The minimum absolute atomic E-state index is 0.761. The molecule has 0 atom stereocenters. The Morgan fingerprint density at radius 2 is 1.04 bits per heavy atom. The number of hydrogen-bond acceptors (Lipinski definition) is 1. The average Bonchev–Trinajstić information content (AvgIpc) is 2.75. The van der Waals surface area contributed by atoms with Crippen molar-refractivity contribution < 1.29 is 4.74 Å². The van der Waals surface area contributed by atoms with Crippen LogP contribution in [0.15, 0.2) is 91.0 Å². The summed E-state index contributed by atoms with van der Waals surface area (Å²) in [5, 5.41) is 4.16. The summed E-state index contributed by atoms with van der Waals surface area (Å²) in [5.74, 6) is 0. The lowest BCUT2D eigenvalue weighted by molar-refractivity contribution is 0.174. The highest BCUT2D eigenvalue weighted by molar-refractivity contribution is 7.95. The minimum atomic E-state index is -1.83. The maximum atomic E-state index is 6.36. The molecular weight excluding hydrogens is 347 g/mol. The van der Waals surface area contributed by atoms with E-state index in [9.17, 15) is 0 Å². The molecule has 0 amide bonds. The van der Waals surface area contributed by atoms with Gasteiger partial charge in [-0.2, -0.15) is 0 Å². The zero-order chi connectivity index (χ0) is 18.8. The Bertz CT molecular complexity index is 675. The van der Waals surface area contributed by atoms with Gasteiger partial charge in [-0.1, -0.05) is 80.8 Å². The normalized spacial score (nSPS) is 11.4. The van der Waals surface area contributed by atoms with Crippen LogP contribution < -0.4 is 15.9 Å². The van der Waals surface area contributed by atoms with Crippen LogP contribution in [0.5, 0.6) is 0 Å². The Morgan fingerprint density at radius 1 is 0.593 bits per heavy atom. The van der Waals surface area contributed by atoms with Gasteiger partial charge in [-0.25, -0.2) is 0 Å². The Hall–Kier alpha value is -1.95. The van der Waals surface area contributed by atoms with Gasteiger partial charge in [0.05, 0.1) is 6.61 Å². The van der Waals surface area contributed by atoms with E-state index in [-0.39, 0.29) is 0 Å². The molecule has 0 radical (unpaired) electrons. The standard InChI is InChI=1S/C25H30OP/c1-2-3-4-14-21-26-22-27(23-15-8-5-9-16-23,24-17-10-6-11-18-24)25-19-12-7-13-20-25/h5-13,15-20H,2-4,14,21-22H2,1H3/q+1. The van der Waals surface area contributed by atoms with Crippen LogP contribution in [0.25, 0.3) is 0 Å². The van der Waals surface area contributed by atoms with Crippen LogP contribution in [0, 0.1) is 0 Å². The highest BCUT2D eigenvalue weighted by Gasteiger charge is 2.45. The van der Waals surface area contributed by atoms with Crippen LogP contribution in [0.3, 0.4) is 0 Å². The predicted octanol–water partition coefficient (Wildman–Crippen LogP) is 5.53. The maximum Gasteiger partial charge on any atom is 0.171 e. The molecule has 0 aliphatic carbocycles. The van der Waals surface area contributed by atoms with E-state index in [1.807, 2.05) is 0 Å². The van der Waals surface area contributed by atoms with Crippen LogP contribution in [0.1, 0.15) is 32.6 Å². The van der Waals surface area contributed by atoms with E-state index in [1.165, 1.54) is 35.2 Å². The van der Waals surface area contributed by atoms with Gasteiger partial charge in [0.15, 0.2) is 6.35 Å². The maximum absolute atomic E-state index is 6.36. The second kappa shape index (κ2) is 10.4. The molecule has 0 N–H and O–H groups in total. The molecule has 0 unspecified atom stereocenters. The fraction of sp³-hybridized carbons (Fsp3) is 0.280. The van der Waals surface area contributed by atoms with Crippen LogP contribution in [-0.2, 0) is 4.74 Å². The van der Waals surface area contributed by atoms with Gasteiger partial charge in [0.25, 0.3) is 0 Å².